The molecule has 84 valence electrons. The molecule has 0 amide bonds. The topological polar surface area (TPSA) is 74.7 Å². The van der Waals surface area contributed by atoms with Gasteiger partial charge in [0.15, 0.2) is 5.82 Å². The molecule has 4 heteroatoms. The molecule has 0 bridgehead atoms. The normalized spacial score (nSPS) is 17.2. The number of rotatable bonds is 3. The van der Waals surface area contributed by atoms with E-state index in [1.54, 1.807) is 12.3 Å². The van der Waals surface area contributed by atoms with E-state index in [0.29, 0.717) is 17.1 Å². The molecule has 16 heavy (non-hydrogen) atoms. The lowest BCUT2D eigenvalue weighted by Gasteiger charge is -2.42. The second-order valence-corrected chi connectivity index (χ2v) is 4.35. The molecule has 1 saturated carbocycles. The Kier molecular flexibility index (Phi) is 2.69. The third kappa shape index (κ3) is 1.69. The standard InChI is InChI=1S/C12H16N4/c1-2-12(5-3-6-12)16-11-10(14)9(8-13)4-7-15-11/h4,7H,2-3,5-6,14H2,1H3,(H,15,16). The van der Waals surface area contributed by atoms with Crippen molar-refractivity contribution in [2.75, 3.05) is 11.1 Å². The first kappa shape index (κ1) is 10.7. The first-order chi connectivity index (χ1) is 7.71. The fourth-order valence-corrected chi connectivity index (χ4v) is 2.09. The Bertz CT molecular complexity index is 424. The summed E-state index contributed by atoms with van der Waals surface area (Å²) in [7, 11) is 0. The summed E-state index contributed by atoms with van der Waals surface area (Å²) in [5.74, 6) is 0.653. The molecule has 0 unspecified atom stereocenters. The van der Waals surface area contributed by atoms with Crippen LogP contribution in [0.25, 0.3) is 0 Å². The van der Waals surface area contributed by atoms with E-state index in [1.165, 1.54) is 6.42 Å². The van der Waals surface area contributed by atoms with Gasteiger partial charge in [0.1, 0.15) is 6.07 Å². The molecule has 0 radical (unpaired) electrons. The summed E-state index contributed by atoms with van der Waals surface area (Å²) in [6.45, 7) is 2.16. The average molecular weight is 216 g/mol. The molecule has 0 saturated heterocycles. The van der Waals surface area contributed by atoms with Crippen LogP contribution in [-0.4, -0.2) is 10.5 Å². The van der Waals surface area contributed by atoms with Crippen molar-refractivity contribution in [2.45, 2.75) is 38.1 Å². The zero-order chi connectivity index (χ0) is 11.6. The van der Waals surface area contributed by atoms with Crippen LogP contribution in [0.5, 0.6) is 0 Å². The molecule has 1 aromatic heterocycles. The third-order valence-corrected chi connectivity index (χ3v) is 3.48. The van der Waals surface area contributed by atoms with Gasteiger partial charge in [-0.3, -0.25) is 0 Å². The summed E-state index contributed by atoms with van der Waals surface area (Å²) in [5.41, 5.74) is 6.99. The monoisotopic (exact) mass is 216 g/mol. The molecule has 3 N–H and O–H groups in total. The first-order valence-electron chi connectivity index (χ1n) is 5.63. The van der Waals surface area contributed by atoms with Crippen LogP contribution in [0.15, 0.2) is 12.3 Å². The number of hydrogen-bond acceptors (Lipinski definition) is 4. The van der Waals surface area contributed by atoms with E-state index in [-0.39, 0.29) is 5.54 Å². The summed E-state index contributed by atoms with van der Waals surface area (Å²) >= 11 is 0. The van der Waals surface area contributed by atoms with Gasteiger partial charge in [0.2, 0.25) is 0 Å². The molecule has 1 heterocycles. The maximum absolute atomic E-state index is 8.88. The summed E-state index contributed by atoms with van der Waals surface area (Å²) in [6, 6.07) is 3.71. The molecule has 0 aromatic carbocycles. The van der Waals surface area contributed by atoms with E-state index >= 15 is 0 Å². The highest BCUT2D eigenvalue weighted by atomic mass is 15.1. The summed E-state index contributed by atoms with van der Waals surface area (Å²) in [6.07, 6.45) is 6.24. The van der Waals surface area contributed by atoms with Gasteiger partial charge >= 0.3 is 0 Å². The number of nitrogens with two attached hydrogens (primary N) is 1. The number of nitrogen functional groups attached to an aromatic ring is 1. The highest BCUT2D eigenvalue weighted by Gasteiger charge is 2.35. The fraction of sp³-hybridized carbons (Fsp3) is 0.500. The van der Waals surface area contributed by atoms with Crippen molar-refractivity contribution in [1.82, 2.24) is 4.98 Å². The molecule has 2 rings (SSSR count). The molecule has 1 aliphatic rings. The quantitative estimate of drug-likeness (QED) is 0.812. The molecule has 1 fully saturated rings. The lowest BCUT2D eigenvalue weighted by Crippen LogP contribution is -2.44. The molecule has 1 aliphatic carbocycles. The zero-order valence-corrected chi connectivity index (χ0v) is 9.45. The summed E-state index contributed by atoms with van der Waals surface area (Å²) in [5, 5.41) is 12.3. The van der Waals surface area contributed by atoms with Crippen molar-refractivity contribution in [2.24, 2.45) is 0 Å². The van der Waals surface area contributed by atoms with Gasteiger partial charge in [0.25, 0.3) is 0 Å². The smallest absolute Gasteiger partial charge is 0.150 e. The Morgan fingerprint density at radius 1 is 1.62 bits per heavy atom. The van der Waals surface area contributed by atoms with Gasteiger partial charge in [-0.05, 0) is 31.7 Å². The Hall–Kier alpha value is -1.76. The van der Waals surface area contributed by atoms with Gasteiger partial charge in [0.05, 0.1) is 11.3 Å². The maximum Gasteiger partial charge on any atom is 0.150 e. The van der Waals surface area contributed by atoms with Crippen LogP contribution < -0.4 is 11.1 Å². The minimum absolute atomic E-state index is 0.148. The van der Waals surface area contributed by atoms with E-state index in [2.05, 4.69) is 23.3 Å². The summed E-state index contributed by atoms with van der Waals surface area (Å²) < 4.78 is 0. The maximum atomic E-state index is 8.88. The average Bonchev–Trinajstić information content (AvgIpc) is 2.25. The molecular weight excluding hydrogens is 200 g/mol. The fourth-order valence-electron chi connectivity index (χ4n) is 2.09. The van der Waals surface area contributed by atoms with Crippen molar-refractivity contribution < 1.29 is 0 Å². The number of aromatic nitrogens is 1. The van der Waals surface area contributed by atoms with Crippen LogP contribution in [0.3, 0.4) is 0 Å². The molecule has 0 aliphatic heterocycles. The van der Waals surface area contributed by atoms with Crippen LogP contribution in [0, 0.1) is 11.3 Å². The highest BCUT2D eigenvalue weighted by Crippen LogP contribution is 2.38. The number of nitrogens with one attached hydrogen (secondary N) is 1. The first-order valence-corrected chi connectivity index (χ1v) is 5.63. The van der Waals surface area contributed by atoms with Gasteiger partial charge in [-0.2, -0.15) is 5.26 Å². The van der Waals surface area contributed by atoms with Gasteiger partial charge in [-0.25, -0.2) is 4.98 Å². The van der Waals surface area contributed by atoms with E-state index < -0.39 is 0 Å². The number of nitriles is 1. The largest absolute Gasteiger partial charge is 0.395 e. The Morgan fingerprint density at radius 3 is 2.88 bits per heavy atom. The van der Waals surface area contributed by atoms with Crippen LogP contribution in [0.4, 0.5) is 11.5 Å². The van der Waals surface area contributed by atoms with Gasteiger partial charge < -0.3 is 11.1 Å². The van der Waals surface area contributed by atoms with E-state index in [9.17, 15) is 0 Å². The van der Waals surface area contributed by atoms with Crippen LogP contribution >= 0.6 is 0 Å². The van der Waals surface area contributed by atoms with Crippen molar-refractivity contribution in [1.29, 1.82) is 5.26 Å². The van der Waals surface area contributed by atoms with Gasteiger partial charge in [-0.1, -0.05) is 6.92 Å². The van der Waals surface area contributed by atoms with Crippen LogP contribution in [-0.2, 0) is 0 Å². The number of hydrogen-bond donors (Lipinski definition) is 2. The van der Waals surface area contributed by atoms with E-state index in [0.717, 1.165) is 19.3 Å². The zero-order valence-electron chi connectivity index (χ0n) is 9.45. The highest BCUT2D eigenvalue weighted by molar-refractivity contribution is 5.69. The minimum atomic E-state index is 0.148. The Morgan fingerprint density at radius 2 is 2.38 bits per heavy atom. The van der Waals surface area contributed by atoms with Gasteiger partial charge in [-0.15, -0.1) is 0 Å². The molecular formula is C12H16N4. The number of pyridine rings is 1. The molecule has 4 nitrogen and oxygen atoms in total. The third-order valence-electron chi connectivity index (χ3n) is 3.48. The predicted octanol–water partition coefficient (Wildman–Crippen LogP) is 2.28. The number of anilines is 2. The van der Waals surface area contributed by atoms with Crippen molar-refractivity contribution in [3.05, 3.63) is 17.8 Å². The Labute approximate surface area is 95.5 Å². The summed E-state index contributed by atoms with van der Waals surface area (Å²) in [4.78, 5) is 4.21. The second-order valence-electron chi connectivity index (χ2n) is 4.35. The van der Waals surface area contributed by atoms with Crippen molar-refractivity contribution >= 4 is 11.5 Å². The molecule has 0 spiro atoms. The van der Waals surface area contributed by atoms with Crippen LogP contribution in [0.1, 0.15) is 38.2 Å². The van der Waals surface area contributed by atoms with Crippen LogP contribution in [0.2, 0.25) is 0 Å². The van der Waals surface area contributed by atoms with E-state index in [1.807, 2.05) is 0 Å². The van der Waals surface area contributed by atoms with Gasteiger partial charge in [0, 0.05) is 11.7 Å². The number of nitrogens with zero attached hydrogens (tertiary/aromatic N) is 2. The molecule has 1 aromatic rings. The predicted molar refractivity (Wildman–Crippen MR) is 63.9 cm³/mol. The minimum Gasteiger partial charge on any atom is -0.395 e. The Balaban J connectivity index is 2.25. The SMILES string of the molecule is CCC1(Nc2nccc(C#N)c2N)CCC1. The lowest BCUT2D eigenvalue weighted by molar-refractivity contribution is 0.269. The lowest BCUT2D eigenvalue weighted by atomic mass is 9.75. The van der Waals surface area contributed by atoms with Crippen molar-refractivity contribution in [3.8, 4) is 6.07 Å². The molecule has 0 atom stereocenters. The van der Waals surface area contributed by atoms with Crippen molar-refractivity contribution in [3.63, 3.8) is 0 Å². The second kappa shape index (κ2) is 4.01. The van der Waals surface area contributed by atoms with E-state index in [4.69, 9.17) is 11.0 Å².